The van der Waals surface area contributed by atoms with Crippen molar-refractivity contribution in [3.63, 3.8) is 0 Å². The molecule has 110 valence electrons. The molecule has 0 aliphatic heterocycles. The fraction of sp³-hybridized carbons (Fsp3) is 0.812. The third-order valence-electron chi connectivity index (χ3n) is 3.49. The third-order valence-corrected chi connectivity index (χ3v) is 4.36. The Morgan fingerprint density at radius 2 is 1.84 bits per heavy atom. The van der Waals surface area contributed by atoms with Crippen molar-refractivity contribution in [3.05, 3.63) is 16.1 Å². The van der Waals surface area contributed by atoms with Crippen LogP contribution in [0.4, 0.5) is 0 Å². The number of hydrogen-bond donors (Lipinski definition) is 1. The highest BCUT2D eigenvalue weighted by Gasteiger charge is 2.20. The molecular weight excluding hydrogens is 252 g/mol. The van der Waals surface area contributed by atoms with Crippen molar-refractivity contribution in [2.45, 2.75) is 66.3 Å². The molecule has 0 saturated heterocycles. The molecule has 1 unspecified atom stereocenters. The van der Waals surface area contributed by atoms with E-state index in [0.717, 1.165) is 13.0 Å². The van der Waals surface area contributed by atoms with Gasteiger partial charge in [0, 0.05) is 23.3 Å². The Labute approximate surface area is 123 Å². The Morgan fingerprint density at radius 3 is 2.26 bits per heavy atom. The summed E-state index contributed by atoms with van der Waals surface area (Å²) < 4.78 is 0. The van der Waals surface area contributed by atoms with Crippen LogP contribution in [0.15, 0.2) is 5.38 Å². The van der Waals surface area contributed by atoms with E-state index >= 15 is 0 Å². The third kappa shape index (κ3) is 5.62. The predicted octanol–water partition coefficient (Wildman–Crippen LogP) is 4.25. The lowest BCUT2D eigenvalue weighted by Crippen LogP contribution is -2.32. The Bertz CT molecular complexity index is 374. The van der Waals surface area contributed by atoms with E-state index in [4.69, 9.17) is 4.98 Å². The largest absolute Gasteiger partial charge is 0.314 e. The summed E-state index contributed by atoms with van der Waals surface area (Å²) in [5.74, 6) is 1.36. The molecule has 0 radical (unpaired) electrons. The van der Waals surface area contributed by atoms with Crippen molar-refractivity contribution in [2.75, 3.05) is 6.54 Å². The molecule has 1 aromatic heterocycles. The molecule has 0 fully saturated rings. The lowest BCUT2D eigenvalue weighted by atomic mass is 9.92. The monoisotopic (exact) mass is 282 g/mol. The summed E-state index contributed by atoms with van der Waals surface area (Å²) in [6, 6.07) is 0.558. The molecule has 1 heterocycles. The van der Waals surface area contributed by atoms with Gasteiger partial charge in [-0.25, -0.2) is 4.98 Å². The number of hydrogen-bond acceptors (Lipinski definition) is 3. The van der Waals surface area contributed by atoms with Gasteiger partial charge in [-0.1, -0.05) is 48.5 Å². The second-order valence-corrected chi connectivity index (χ2v) is 8.09. The molecule has 0 spiro atoms. The minimum Gasteiger partial charge on any atom is -0.314 e. The number of nitrogens with one attached hydrogen (secondary N) is 1. The summed E-state index contributed by atoms with van der Waals surface area (Å²) in [5.41, 5.74) is 1.39. The first kappa shape index (κ1) is 16.6. The summed E-state index contributed by atoms with van der Waals surface area (Å²) in [4.78, 5) is 4.82. The van der Waals surface area contributed by atoms with E-state index in [1.165, 1.54) is 10.7 Å². The maximum absolute atomic E-state index is 4.82. The van der Waals surface area contributed by atoms with Gasteiger partial charge in [-0.05, 0) is 18.4 Å². The average molecular weight is 282 g/mol. The first-order valence-electron chi connectivity index (χ1n) is 7.38. The van der Waals surface area contributed by atoms with Crippen molar-refractivity contribution in [1.29, 1.82) is 0 Å². The fourth-order valence-corrected chi connectivity index (χ4v) is 3.02. The van der Waals surface area contributed by atoms with Crippen LogP contribution >= 0.6 is 11.3 Å². The number of thiazole rings is 1. The second-order valence-electron chi connectivity index (χ2n) is 7.15. The van der Waals surface area contributed by atoms with Crippen molar-refractivity contribution >= 4 is 11.3 Å². The molecule has 0 aromatic carbocycles. The van der Waals surface area contributed by atoms with Crippen molar-refractivity contribution < 1.29 is 0 Å². The van der Waals surface area contributed by atoms with Gasteiger partial charge in [-0.2, -0.15) is 0 Å². The highest BCUT2D eigenvalue weighted by Crippen LogP contribution is 2.26. The van der Waals surface area contributed by atoms with Gasteiger partial charge in [0.15, 0.2) is 0 Å². The van der Waals surface area contributed by atoms with Crippen molar-refractivity contribution in [3.8, 4) is 0 Å². The molecule has 1 rings (SSSR count). The van der Waals surface area contributed by atoms with E-state index in [-0.39, 0.29) is 5.41 Å². The summed E-state index contributed by atoms with van der Waals surface area (Å²) in [6.07, 6.45) is 1.10. The van der Waals surface area contributed by atoms with Gasteiger partial charge in [0.1, 0.15) is 0 Å². The van der Waals surface area contributed by atoms with Gasteiger partial charge in [0.2, 0.25) is 0 Å². The molecular formula is C16H30N2S. The fourth-order valence-electron chi connectivity index (χ4n) is 1.90. The van der Waals surface area contributed by atoms with Gasteiger partial charge in [0.25, 0.3) is 0 Å². The lowest BCUT2D eigenvalue weighted by Gasteiger charge is -2.22. The number of aromatic nitrogens is 1. The molecule has 1 aromatic rings. The first-order chi connectivity index (χ1) is 8.70. The average Bonchev–Trinajstić information content (AvgIpc) is 2.71. The SMILES string of the molecule is CC(C)NCC(Cc1nc(C(C)(C)C)cs1)C(C)C. The summed E-state index contributed by atoms with van der Waals surface area (Å²) in [5, 5.41) is 7.07. The van der Waals surface area contributed by atoms with E-state index in [2.05, 4.69) is 59.2 Å². The minimum absolute atomic E-state index is 0.165. The lowest BCUT2D eigenvalue weighted by molar-refractivity contribution is 0.348. The normalized spacial score (nSPS) is 14.4. The smallest absolute Gasteiger partial charge is 0.0931 e. The van der Waals surface area contributed by atoms with Crippen LogP contribution in [0.3, 0.4) is 0 Å². The van der Waals surface area contributed by atoms with E-state index < -0.39 is 0 Å². The summed E-state index contributed by atoms with van der Waals surface area (Å²) in [7, 11) is 0. The number of rotatable bonds is 6. The maximum atomic E-state index is 4.82. The quantitative estimate of drug-likeness (QED) is 0.843. The molecule has 1 N–H and O–H groups in total. The van der Waals surface area contributed by atoms with Crippen LogP contribution in [0.5, 0.6) is 0 Å². The second kappa shape index (κ2) is 6.85. The number of nitrogens with zero attached hydrogens (tertiary/aromatic N) is 1. The van der Waals surface area contributed by atoms with Crippen LogP contribution in [-0.4, -0.2) is 17.6 Å². The Hall–Kier alpha value is -0.410. The van der Waals surface area contributed by atoms with E-state index in [1.54, 1.807) is 0 Å². The van der Waals surface area contributed by atoms with Crippen LogP contribution in [-0.2, 0) is 11.8 Å². The van der Waals surface area contributed by atoms with E-state index in [0.29, 0.717) is 17.9 Å². The highest BCUT2D eigenvalue weighted by atomic mass is 32.1. The van der Waals surface area contributed by atoms with Crippen LogP contribution in [0.25, 0.3) is 0 Å². The van der Waals surface area contributed by atoms with Crippen molar-refractivity contribution in [2.24, 2.45) is 11.8 Å². The molecule has 19 heavy (non-hydrogen) atoms. The molecule has 0 aliphatic rings. The van der Waals surface area contributed by atoms with E-state index in [9.17, 15) is 0 Å². The Morgan fingerprint density at radius 1 is 1.21 bits per heavy atom. The van der Waals surface area contributed by atoms with Crippen LogP contribution in [0.1, 0.15) is 59.2 Å². The molecule has 0 saturated carbocycles. The standard InChI is InChI=1S/C16H30N2S/c1-11(2)13(9-17-12(3)4)8-15-18-14(10-19-15)16(5,6)7/h10-13,17H,8-9H2,1-7H3. The molecule has 3 heteroatoms. The molecule has 0 amide bonds. The van der Waals surface area contributed by atoms with Gasteiger partial charge in [0.05, 0.1) is 10.7 Å². The van der Waals surface area contributed by atoms with Gasteiger partial charge in [-0.3, -0.25) is 0 Å². The zero-order valence-electron chi connectivity index (χ0n) is 13.6. The Kier molecular flexibility index (Phi) is 6.00. The highest BCUT2D eigenvalue weighted by molar-refractivity contribution is 7.09. The van der Waals surface area contributed by atoms with E-state index in [1.807, 2.05) is 11.3 Å². The van der Waals surface area contributed by atoms with Gasteiger partial charge < -0.3 is 5.32 Å². The van der Waals surface area contributed by atoms with Crippen molar-refractivity contribution in [1.82, 2.24) is 10.3 Å². The first-order valence-corrected chi connectivity index (χ1v) is 8.26. The van der Waals surface area contributed by atoms with Crippen LogP contribution in [0, 0.1) is 11.8 Å². The summed E-state index contributed by atoms with van der Waals surface area (Å²) in [6.45, 7) is 16.8. The molecule has 1 atom stereocenters. The predicted molar refractivity (Wildman–Crippen MR) is 86.0 cm³/mol. The van der Waals surface area contributed by atoms with Gasteiger partial charge in [-0.15, -0.1) is 11.3 Å². The Balaban J connectivity index is 2.66. The maximum Gasteiger partial charge on any atom is 0.0931 e. The van der Waals surface area contributed by atoms with Crippen LogP contribution in [0.2, 0.25) is 0 Å². The zero-order chi connectivity index (χ0) is 14.6. The molecule has 0 bridgehead atoms. The minimum atomic E-state index is 0.165. The topological polar surface area (TPSA) is 24.9 Å². The van der Waals surface area contributed by atoms with Gasteiger partial charge >= 0.3 is 0 Å². The summed E-state index contributed by atoms with van der Waals surface area (Å²) >= 11 is 1.82. The molecule has 2 nitrogen and oxygen atoms in total. The molecule has 0 aliphatic carbocycles. The zero-order valence-corrected chi connectivity index (χ0v) is 14.4. The van der Waals surface area contributed by atoms with Crippen LogP contribution < -0.4 is 5.32 Å².